The highest BCUT2D eigenvalue weighted by Crippen LogP contribution is 2.20. The smallest absolute Gasteiger partial charge is 0.355 e. The number of ketones is 1. The van der Waals surface area contributed by atoms with Crippen LogP contribution in [0.4, 0.5) is 0 Å². The highest BCUT2D eigenvalue weighted by molar-refractivity contribution is 6.05. The van der Waals surface area contributed by atoms with Crippen LogP contribution in [-0.4, -0.2) is 60.5 Å². The van der Waals surface area contributed by atoms with Crippen LogP contribution in [0.1, 0.15) is 62.7 Å². The molecule has 1 heterocycles. The Hall–Kier alpha value is -2.93. The maximum Gasteiger partial charge on any atom is 0.355 e. The van der Waals surface area contributed by atoms with Crippen LogP contribution < -0.4 is 0 Å². The van der Waals surface area contributed by atoms with E-state index in [0.717, 1.165) is 0 Å². The zero-order valence-corrected chi connectivity index (χ0v) is 18.1. The summed E-state index contributed by atoms with van der Waals surface area (Å²) in [6, 6.07) is 8.88. The van der Waals surface area contributed by atoms with Crippen molar-refractivity contribution in [1.82, 2.24) is 9.88 Å². The molecule has 0 saturated carbocycles. The third-order valence-electron chi connectivity index (χ3n) is 4.76. The minimum Gasteiger partial charge on any atom is -0.461 e. The van der Waals surface area contributed by atoms with Gasteiger partial charge in [0, 0.05) is 36.6 Å². The largest absolute Gasteiger partial charge is 0.461 e. The molecular formula is C23H30N2O5. The first-order chi connectivity index (χ1) is 14.4. The number of benzene rings is 1. The topological polar surface area (TPSA) is 88.7 Å². The van der Waals surface area contributed by atoms with E-state index in [1.807, 2.05) is 13.0 Å². The number of H-pyrrole nitrogens is 1. The molecule has 1 aromatic carbocycles. The monoisotopic (exact) mass is 414 g/mol. The minimum atomic E-state index is -0.494. The number of aryl methyl sites for hydroxylation is 1. The second-order valence-electron chi connectivity index (χ2n) is 6.91. The molecule has 0 aliphatic rings. The molecule has 1 aromatic heterocycles. The van der Waals surface area contributed by atoms with Crippen LogP contribution in [-0.2, 0) is 9.47 Å². The molecule has 2 aromatic rings. The third kappa shape index (κ3) is 5.79. The Kier molecular flexibility index (Phi) is 8.80. The number of nitrogens with one attached hydrogen (secondary N) is 1. The number of hydrogen-bond donors (Lipinski definition) is 1. The van der Waals surface area contributed by atoms with Crippen molar-refractivity contribution in [2.45, 2.75) is 34.1 Å². The highest BCUT2D eigenvalue weighted by Gasteiger charge is 2.26. The molecule has 0 saturated heterocycles. The van der Waals surface area contributed by atoms with Crippen molar-refractivity contribution in [1.29, 1.82) is 0 Å². The summed E-state index contributed by atoms with van der Waals surface area (Å²) in [6.45, 7) is 8.76. The number of nitrogens with zero attached hydrogens (tertiary/aromatic N) is 1. The third-order valence-corrected chi connectivity index (χ3v) is 4.76. The molecule has 7 heteroatoms. The van der Waals surface area contributed by atoms with Gasteiger partial charge in [-0.15, -0.1) is 0 Å². The van der Waals surface area contributed by atoms with Crippen LogP contribution in [0.2, 0.25) is 0 Å². The molecule has 162 valence electrons. The van der Waals surface area contributed by atoms with Crippen molar-refractivity contribution in [3.63, 3.8) is 0 Å². The van der Waals surface area contributed by atoms with Crippen molar-refractivity contribution in [2.75, 3.05) is 32.9 Å². The molecule has 0 radical (unpaired) electrons. The Labute approximate surface area is 177 Å². The van der Waals surface area contributed by atoms with Gasteiger partial charge in [0.1, 0.15) is 5.69 Å². The predicted octanol–water partition coefficient (Wildman–Crippen LogP) is 3.56. The average molecular weight is 415 g/mol. The second-order valence-corrected chi connectivity index (χ2v) is 6.91. The van der Waals surface area contributed by atoms with E-state index >= 15 is 0 Å². The van der Waals surface area contributed by atoms with Gasteiger partial charge in [0.15, 0.2) is 5.78 Å². The normalized spacial score (nSPS) is 10.7. The lowest BCUT2D eigenvalue weighted by Crippen LogP contribution is -2.37. The summed E-state index contributed by atoms with van der Waals surface area (Å²) in [5, 5.41) is 0. The van der Waals surface area contributed by atoms with Crippen LogP contribution in [0.25, 0.3) is 0 Å². The van der Waals surface area contributed by atoms with E-state index in [2.05, 4.69) is 4.98 Å². The number of amides is 1. The van der Waals surface area contributed by atoms with Gasteiger partial charge in [-0.05, 0) is 51.8 Å². The Morgan fingerprint density at radius 3 is 2.37 bits per heavy atom. The van der Waals surface area contributed by atoms with Crippen LogP contribution in [0, 0.1) is 13.8 Å². The average Bonchev–Trinajstić information content (AvgIpc) is 3.04. The zero-order valence-electron chi connectivity index (χ0n) is 18.1. The van der Waals surface area contributed by atoms with Crippen molar-refractivity contribution in [2.24, 2.45) is 0 Å². The standard InChI is InChI=1S/C23H30N2O5/c1-5-29-14-10-13-25(22(27)18-11-8-7-9-12-18)15-19(26)20-16(3)21(24-17(20)4)23(28)30-6-2/h7-9,11-12,24H,5-6,10,13-15H2,1-4H3. The number of rotatable bonds is 11. The number of aromatic amines is 1. The molecule has 0 atom stereocenters. The number of hydrogen-bond acceptors (Lipinski definition) is 5. The maximum absolute atomic E-state index is 13.1. The van der Waals surface area contributed by atoms with E-state index in [4.69, 9.17) is 9.47 Å². The van der Waals surface area contributed by atoms with E-state index in [0.29, 0.717) is 48.6 Å². The van der Waals surface area contributed by atoms with Gasteiger partial charge in [-0.3, -0.25) is 9.59 Å². The second kappa shape index (κ2) is 11.3. The summed E-state index contributed by atoms with van der Waals surface area (Å²) in [5.41, 5.74) is 2.35. The first-order valence-corrected chi connectivity index (χ1v) is 10.2. The predicted molar refractivity (Wildman–Crippen MR) is 114 cm³/mol. The molecule has 0 aliphatic heterocycles. The van der Waals surface area contributed by atoms with E-state index in [9.17, 15) is 14.4 Å². The summed E-state index contributed by atoms with van der Waals surface area (Å²) >= 11 is 0. The van der Waals surface area contributed by atoms with Crippen LogP contribution in [0.15, 0.2) is 30.3 Å². The Balaban J connectivity index is 2.23. The lowest BCUT2D eigenvalue weighted by molar-refractivity contribution is 0.0519. The van der Waals surface area contributed by atoms with Crippen LogP contribution >= 0.6 is 0 Å². The van der Waals surface area contributed by atoms with E-state index in [1.54, 1.807) is 45.0 Å². The molecule has 7 nitrogen and oxygen atoms in total. The van der Waals surface area contributed by atoms with E-state index in [-0.39, 0.29) is 30.5 Å². The number of Topliss-reactive ketones (excluding diaryl/α,β-unsaturated/α-hetero) is 1. The Morgan fingerprint density at radius 2 is 1.73 bits per heavy atom. The summed E-state index contributed by atoms with van der Waals surface area (Å²) in [7, 11) is 0. The zero-order chi connectivity index (χ0) is 22.1. The van der Waals surface area contributed by atoms with Gasteiger partial charge in [0.05, 0.1) is 13.2 Å². The molecule has 30 heavy (non-hydrogen) atoms. The van der Waals surface area contributed by atoms with Gasteiger partial charge in [-0.1, -0.05) is 18.2 Å². The van der Waals surface area contributed by atoms with Crippen molar-refractivity contribution >= 4 is 17.7 Å². The number of esters is 1. The maximum atomic E-state index is 13.1. The fourth-order valence-electron chi connectivity index (χ4n) is 3.35. The Morgan fingerprint density at radius 1 is 1.03 bits per heavy atom. The molecule has 2 rings (SSSR count). The van der Waals surface area contributed by atoms with Crippen LogP contribution in [0.3, 0.4) is 0 Å². The first-order valence-electron chi connectivity index (χ1n) is 10.2. The lowest BCUT2D eigenvalue weighted by atomic mass is 10.0. The highest BCUT2D eigenvalue weighted by atomic mass is 16.5. The number of ether oxygens (including phenoxy) is 2. The van der Waals surface area contributed by atoms with Gasteiger partial charge >= 0.3 is 5.97 Å². The SMILES string of the molecule is CCOCCCN(CC(=O)c1c(C)[nH]c(C(=O)OCC)c1C)C(=O)c1ccccc1. The van der Waals surface area contributed by atoms with Gasteiger partial charge in [0.25, 0.3) is 5.91 Å². The van der Waals surface area contributed by atoms with Gasteiger partial charge in [0.2, 0.25) is 0 Å². The fourth-order valence-corrected chi connectivity index (χ4v) is 3.35. The molecule has 0 fully saturated rings. The molecule has 0 aliphatic carbocycles. The summed E-state index contributed by atoms with van der Waals surface area (Å²) in [5.74, 6) is -0.930. The number of carbonyl (C=O) groups is 3. The first kappa shape index (κ1) is 23.3. The van der Waals surface area contributed by atoms with Gasteiger partial charge < -0.3 is 19.4 Å². The van der Waals surface area contributed by atoms with E-state index in [1.165, 1.54) is 4.90 Å². The number of carbonyl (C=O) groups excluding carboxylic acids is 3. The van der Waals surface area contributed by atoms with Crippen molar-refractivity contribution < 1.29 is 23.9 Å². The van der Waals surface area contributed by atoms with Crippen molar-refractivity contribution in [3.05, 3.63) is 58.4 Å². The molecule has 0 spiro atoms. The van der Waals surface area contributed by atoms with Gasteiger partial charge in [-0.2, -0.15) is 0 Å². The summed E-state index contributed by atoms with van der Waals surface area (Å²) in [6.07, 6.45) is 0.624. The van der Waals surface area contributed by atoms with Crippen molar-refractivity contribution in [3.8, 4) is 0 Å². The quantitative estimate of drug-likeness (QED) is 0.345. The summed E-state index contributed by atoms with van der Waals surface area (Å²) in [4.78, 5) is 42.7. The van der Waals surface area contributed by atoms with Gasteiger partial charge in [-0.25, -0.2) is 4.79 Å². The molecule has 1 N–H and O–H groups in total. The minimum absolute atomic E-state index is 0.0817. The number of aromatic nitrogens is 1. The molecule has 0 unspecified atom stereocenters. The molecule has 0 bridgehead atoms. The molecule has 1 amide bonds. The fraction of sp³-hybridized carbons (Fsp3) is 0.435. The van der Waals surface area contributed by atoms with E-state index < -0.39 is 5.97 Å². The lowest BCUT2D eigenvalue weighted by Gasteiger charge is -2.22. The molecular weight excluding hydrogens is 384 g/mol. The Bertz CT molecular complexity index is 873. The summed E-state index contributed by atoms with van der Waals surface area (Å²) < 4.78 is 10.4. The van der Waals surface area contributed by atoms with Crippen LogP contribution in [0.5, 0.6) is 0 Å².